The fraction of sp³-hybridized carbons (Fsp3) is 0.800. The van der Waals surface area contributed by atoms with Crippen LogP contribution in [0.25, 0.3) is 0 Å². The number of methoxy groups -OCH3 is 1. The lowest BCUT2D eigenvalue weighted by Crippen LogP contribution is -2.16. The molecular formula is C10H19N3O2. The predicted molar refractivity (Wildman–Crippen MR) is 56.6 cm³/mol. The topological polar surface area (TPSA) is 60.2 Å². The number of aromatic nitrogens is 2. The van der Waals surface area contributed by atoms with Gasteiger partial charge in [0.15, 0.2) is 5.82 Å². The van der Waals surface area contributed by atoms with Crippen LogP contribution in [0.5, 0.6) is 0 Å². The van der Waals surface area contributed by atoms with Crippen molar-refractivity contribution >= 4 is 0 Å². The van der Waals surface area contributed by atoms with Gasteiger partial charge in [-0.2, -0.15) is 4.98 Å². The molecule has 1 heterocycles. The normalized spacial score (nSPS) is 15.2. The first-order valence-corrected chi connectivity index (χ1v) is 5.23. The summed E-state index contributed by atoms with van der Waals surface area (Å²) in [6, 6.07) is 0.143. The molecular weight excluding hydrogens is 194 g/mol. The molecule has 0 aliphatic carbocycles. The van der Waals surface area contributed by atoms with E-state index < -0.39 is 0 Å². The SMILES string of the molecule is CCC(NC)c1nc(CC(C)OC)no1. The van der Waals surface area contributed by atoms with Gasteiger partial charge in [-0.05, 0) is 20.4 Å². The molecule has 2 atom stereocenters. The Kier molecular flexibility index (Phi) is 4.71. The molecule has 5 nitrogen and oxygen atoms in total. The van der Waals surface area contributed by atoms with Crippen molar-refractivity contribution in [3.63, 3.8) is 0 Å². The second-order valence-corrected chi connectivity index (χ2v) is 3.55. The molecule has 86 valence electrons. The van der Waals surface area contributed by atoms with E-state index in [0.29, 0.717) is 18.1 Å². The third-order valence-electron chi connectivity index (χ3n) is 2.41. The van der Waals surface area contributed by atoms with E-state index in [1.165, 1.54) is 0 Å². The van der Waals surface area contributed by atoms with Gasteiger partial charge in [-0.1, -0.05) is 12.1 Å². The Morgan fingerprint density at radius 3 is 2.80 bits per heavy atom. The maximum absolute atomic E-state index is 5.17. The summed E-state index contributed by atoms with van der Waals surface area (Å²) < 4.78 is 10.3. The quantitative estimate of drug-likeness (QED) is 0.772. The van der Waals surface area contributed by atoms with Crippen LogP contribution < -0.4 is 5.32 Å². The highest BCUT2D eigenvalue weighted by Crippen LogP contribution is 2.14. The number of rotatable bonds is 6. The standard InChI is InChI=1S/C10H19N3O2/c1-5-8(11-3)10-12-9(13-15-10)6-7(2)14-4/h7-8,11H,5-6H2,1-4H3. The zero-order chi connectivity index (χ0) is 11.3. The Labute approximate surface area is 90.2 Å². The molecule has 1 N–H and O–H groups in total. The van der Waals surface area contributed by atoms with Crippen LogP contribution in [0.1, 0.15) is 38.0 Å². The first-order valence-electron chi connectivity index (χ1n) is 5.23. The summed E-state index contributed by atoms with van der Waals surface area (Å²) in [5.74, 6) is 1.35. The average molecular weight is 213 g/mol. The molecule has 0 aliphatic heterocycles. The summed E-state index contributed by atoms with van der Waals surface area (Å²) in [4.78, 5) is 4.32. The number of nitrogens with one attached hydrogen (secondary N) is 1. The van der Waals surface area contributed by atoms with Crippen LogP contribution in [0, 0.1) is 0 Å². The molecule has 0 bridgehead atoms. The van der Waals surface area contributed by atoms with Gasteiger partial charge in [0.1, 0.15) is 0 Å². The molecule has 0 fully saturated rings. The van der Waals surface area contributed by atoms with Crippen molar-refractivity contribution in [1.82, 2.24) is 15.5 Å². The van der Waals surface area contributed by atoms with E-state index in [-0.39, 0.29) is 12.1 Å². The van der Waals surface area contributed by atoms with Gasteiger partial charge in [-0.25, -0.2) is 0 Å². The molecule has 1 aromatic rings. The van der Waals surface area contributed by atoms with Gasteiger partial charge in [0.25, 0.3) is 0 Å². The number of hydrogen-bond acceptors (Lipinski definition) is 5. The molecule has 1 rings (SSSR count). The van der Waals surface area contributed by atoms with Gasteiger partial charge in [0.2, 0.25) is 5.89 Å². The molecule has 0 saturated heterocycles. The smallest absolute Gasteiger partial charge is 0.243 e. The maximum atomic E-state index is 5.17. The van der Waals surface area contributed by atoms with E-state index in [2.05, 4.69) is 22.4 Å². The van der Waals surface area contributed by atoms with Crippen molar-refractivity contribution in [3.05, 3.63) is 11.7 Å². The Balaban J connectivity index is 2.63. The Hall–Kier alpha value is -0.940. The average Bonchev–Trinajstić information content (AvgIpc) is 2.68. The lowest BCUT2D eigenvalue weighted by Gasteiger charge is -2.07. The third kappa shape index (κ3) is 3.28. The van der Waals surface area contributed by atoms with Crippen molar-refractivity contribution < 1.29 is 9.26 Å². The van der Waals surface area contributed by atoms with Gasteiger partial charge in [-0.3, -0.25) is 0 Å². The Morgan fingerprint density at radius 2 is 2.27 bits per heavy atom. The molecule has 15 heavy (non-hydrogen) atoms. The first-order chi connectivity index (χ1) is 7.21. The van der Waals surface area contributed by atoms with E-state index in [1.54, 1.807) is 7.11 Å². The van der Waals surface area contributed by atoms with Gasteiger partial charge < -0.3 is 14.6 Å². The Morgan fingerprint density at radius 1 is 1.53 bits per heavy atom. The highest BCUT2D eigenvalue weighted by Gasteiger charge is 2.16. The van der Waals surface area contributed by atoms with Crippen molar-refractivity contribution in [2.24, 2.45) is 0 Å². The summed E-state index contributed by atoms with van der Waals surface area (Å²) in [7, 11) is 3.56. The lowest BCUT2D eigenvalue weighted by atomic mass is 10.2. The van der Waals surface area contributed by atoms with E-state index in [4.69, 9.17) is 9.26 Å². The van der Waals surface area contributed by atoms with Crippen molar-refractivity contribution in [2.45, 2.75) is 38.8 Å². The van der Waals surface area contributed by atoms with E-state index in [0.717, 1.165) is 6.42 Å². The second-order valence-electron chi connectivity index (χ2n) is 3.55. The molecule has 1 aromatic heterocycles. The zero-order valence-electron chi connectivity index (χ0n) is 9.78. The number of nitrogens with zero attached hydrogens (tertiary/aromatic N) is 2. The first kappa shape index (κ1) is 12.1. The predicted octanol–water partition coefficient (Wildman–Crippen LogP) is 1.32. The molecule has 5 heteroatoms. The number of hydrogen-bond donors (Lipinski definition) is 1. The van der Waals surface area contributed by atoms with Crippen LogP contribution in [0.15, 0.2) is 4.52 Å². The monoisotopic (exact) mass is 213 g/mol. The van der Waals surface area contributed by atoms with Gasteiger partial charge in [-0.15, -0.1) is 0 Å². The van der Waals surface area contributed by atoms with Crippen LogP contribution in [-0.2, 0) is 11.2 Å². The summed E-state index contributed by atoms with van der Waals surface area (Å²) >= 11 is 0. The van der Waals surface area contributed by atoms with Crippen LogP contribution in [0.3, 0.4) is 0 Å². The van der Waals surface area contributed by atoms with E-state index in [1.807, 2.05) is 14.0 Å². The van der Waals surface area contributed by atoms with Gasteiger partial charge >= 0.3 is 0 Å². The van der Waals surface area contributed by atoms with Gasteiger partial charge in [0, 0.05) is 13.5 Å². The molecule has 0 spiro atoms. The summed E-state index contributed by atoms with van der Waals surface area (Å²) in [6.45, 7) is 4.05. The minimum Gasteiger partial charge on any atom is -0.381 e. The third-order valence-corrected chi connectivity index (χ3v) is 2.41. The summed E-state index contributed by atoms with van der Waals surface area (Å²) in [6.07, 6.45) is 1.73. The fourth-order valence-corrected chi connectivity index (χ4v) is 1.33. The second kappa shape index (κ2) is 5.82. The van der Waals surface area contributed by atoms with Crippen LogP contribution in [-0.4, -0.2) is 30.4 Å². The molecule has 0 saturated carbocycles. The van der Waals surface area contributed by atoms with Crippen LogP contribution in [0.4, 0.5) is 0 Å². The van der Waals surface area contributed by atoms with E-state index in [9.17, 15) is 0 Å². The maximum Gasteiger partial charge on any atom is 0.243 e. The lowest BCUT2D eigenvalue weighted by molar-refractivity contribution is 0.116. The molecule has 0 amide bonds. The number of ether oxygens (including phenoxy) is 1. The highest BCUT2D eigenvalue weighted by atomic mass is 16.5. The van der Waals surface area contributed by atoms with Crippen LogP contribution >= 0.6 is 0 Å². The zero-order valence-corrected chi connectivity index (χ0v) is 9.78. The van der Waals surface area contributed by atoms with E-state index >= 15 is 0 Å². The fourth-order valence-electron chi connectivity index (χ4n) is 1.33. The minimum atomic E-state index is 0.116. The highest BCUT2D eigenvalue weighted by molar-refractivity contribution is 4.93. The van der Waals surface area contributed by atoms with Crippen molar-refractivity contribution in [1.29, 1.82) is 0 Å². The van der Waals surface area contributed by atoms with Crippen molar-refractivity contribution in [2.75, 3.05) is 14.2 Å². The summed E-state index contributed by atoms with van der Waals surface area (Å²) in [5, 5.41) is 7.04. The van der Waals surface area contributed by atoms with Gasteiger partial charge in [0.05, 0.1) is 12.1 Å². The largest absolute Gasteiger partial charge is 0.381 e. The Bertz CT molecular complexity index is 284. The molecule has 0 aliphatic rings. The van der Waals surface area contributed by atoms with Crippen LogP contribution in [0.2, 0.25) is 0 Å². The molecule has 2 unspecified atom stereocenters. The molecule has 0 radical (unpaired) electrons. The summed E-state index contributed by atoms with van der Waals surface area (Å²) in [5.41, 5.74) is 0. The molecule has 0 aromatic carbocycles. The van der Waals surface area contributed by atoms with Crippen molar-refractivity contribution in [3.8, 4) is 0 Å². The minimum absolute atomic E-state index is 0.116.